The third-order valence-corrected chi connectivity index (χ3v) is 4.32. The first-order valence-corrected chi connectivity index (χ1v) is 11.2. The van der Waals surface area contributed by atoms with Gasteiger partial charge in [-0.2, -0.15) is 0 Å². The largest absolute Gasteiger partial charge is 0.488 e. The van der Waals surface area contributed by atoms with E-state index >= 15 is 0 Å². The zero-order chi connectivity index (χ0) is 23.1. The first-order valence-electron chi connectivity index (χ1n) is 11.2. The SMILES string of the molecule is CCOC(CNc1cccc(OC(C)(C)C)c1)Nc1ccc(OC(C)(C)C)cc1CC. The van der Waals surface area contributed by atoms with Crippen molar-refractivity contribution >= 4 is 11.4 Å². The molecule has 0 heterocycles. The minimum atomic E-state index is -0.229. The van der Waals surface area contributed by atoms with E-state index in [0.29, 0.717) is 13.2 Å². The lowest BCUT2D eigenvalue weighted by Crippen LogP contribution is -2.31. The molecule has 0 amide bonds. The van der Waals surface area contributed by atoms with Crippen molar-refractivity contribution < 1.29 is 14.2 Å². The van der Waals surface area contributed by atoms with Crippen LogP contribution in [0.1, 0.15) is 61.0 Å². The summed E-state index contributed by atoms with van der Waals surface area (Å²) in [6.07, 6.45) is 0.735. The van der Waals surface area contributed by atoms with E-state index in [2.05, 4.69) is 50.5 Å². The molecule has 5 heteroatoms. The zero-order valence-electron chi connectivity index (χ0n) is 20.5. The normalized spacial score (nSPS) is 12.9. The Morgan fingerprint density at radius 1 is 0.839 bits per heavy atom. The van der Waals surface area contributed by atoms with Crippen LogP contribution in [0.15, 0.2) is 42.5 Å². The summed E-state index contributed by atoms with van der Waals surface area (Å²) in [4.78, 5) is 0. The summed E-state index contributed by atoms with van der Waals surface area (Å²) in [5.41, 5.74) is 2.81. The topological polar surface area (TPSA) is 51.8 Å². The van der Waals surface area contributed by atoms with Gasteiger partial charge in [0.25, 0.3) is 0 Å². The first kappa shape index (κ1) is 24.9. The van der Waals surface area contributed by atoms with Crippen LogP contribution in [0.5, 0.6) is 11.5 Å². The maximum Gasteiger partial charge on any atom is 0.145 e. The Bertz CT molecular complexity index is 822. The maximum atomic E-state index is 6.02. The molecule has 0 aromatic heterocycles. The standard InChI is InChI=1S/C26H40N2O3/c1-9-19-16-22(31-26(6,7)8)14-15-23(19)28-24(29-10-2)18-27-20-12-11-13-21(17-20)30-25(3,4)5/h11-17,24,27-28H,9-10,18H2,1-8H3. The molecule has 2 rings (SSSR count). The van der Waals surface area contributed by atoms with Crippen LogP contribution in [-0.4, -0.2) is 30.6 Å². The summed E-state index contributed by atoms with van der Waals surface area (Å²) >= 11 is 0. The van der Waals surface area contributed by atoms with Gasteiger partial charge in [-0.25, -0.2) is 0 Å². The van der Waals surface area contributed by atoms with E-state index in [1.807, 2.05) is 58.0 Å². The molecule has 0 aliphatic rings. The highest BCUT2D eigenvalue weighted by Gasteiger charge is 2.16. The average molecular weight is 429 g/mol. The Morgan fingerprint density at radius 3 is 2.06 bits per heavy atom. The third-order valence-electron chi connectivity index (χ3n) is 4.32. The number of rotatable bonds is 10. The van der Waals surface area contributed by atoms with Crippen LogP contribution in [0, 0.1) is 0 Å². The Hall–Kier alpha value is -2.40. The van der Waals surface area contributed by atoms with Gasteiger partial charge < -0.3 is 24.8 Å². The molecule has 1 unspecified atom stereocenters. The number of hydrogen-bond donors (Lipinski definition) is 2. The molecule has 0 fully saturated rings. The molecule has 2 aromatic carbocycles. The predicted molar refractivity (Wildman–Crippen MR) is 131 cm³/mol. The number of anilines is 2. The summed E-state index contributed by atoms with van der Waals surface area (Å²) in [5.74, 6) is 1.73. The van der Waals surface area contributed by atoms with Gasteiger partial charge in [0.05, 0.1) is 6.54 Å². The number of ether oxygens (including phenoxy) is 3. The van der Waals surface area contributed by atoms with E-state index in [9.17, 15) is 0 Å². The van der Waals surface area contributed by atoms with Gasteiger partial charge in [-0.05, 0) is 90.8 Å². The number of hydrogen-bond acceptors (Lipinski definition) is 5. The fourth-order valence-corrected chi connectivity index (χ4v) is 3.18. The summed E-state index contributed by atoms with van der Waals surface area (Å²) in [7, 11) is 0. The second kappa shape index (κ2) is 10.8. The molecule has 0 saturated heterocycles. The second-order valence-electron chi connectivity index (χ2n) is 9.60. The van der Waals surface area contributed by atoms with Crippen LogP contribution in [0.3, 0.4) is 0 Å². The van der Waals surface area contributed by atoms with Crippen molar-refractivity contribution in [3.05, 3.63) is 48.0 Å². The highest BCUT2D eigenvalue weighted by atomic mass is 16.5. The first-order chi connectivity index (χ1) is 14.5. The number of nitrogens with one attached hydrogen (secondary N) is 2. The molecule has 5 nitrogen and oxygen atoms in total. The Morgan fingerprint density at radius 2 is 1.48 bits per heavy atom. The molecule has 0 saturated carbocycles. The van der Waals surface area contributed by atoms with E-state index < -0.39 is 0 Å². The number of benzene rings is 2. The zero-order valence-corrected chi connectivity index (χ0v) is 20.5. The van der Waals surface area contributed by atoms with Crippen molar-refractivity contribution in [2.45, 2.75) is 79.2 Å². The van der Waals surface area contributed by atoms with Crippen LogP contribution in [0.2, 0.25) is 0 Å². The molecule has 0 aliphatic heterocycles. The summed E-state index contributed by atoms with van der Waals surface area (Å²) in [5, 5.41) is 7.00. The molecular weight excluding hydrogens is 388 g/mol. The monoisotopic (exact) mass is 428 g/mol. The van der Waals surface area contributed by atoms with Gasteiger partial charge in [0.2, 0.25) is 0 Å². The molecule has 2 aromatic rings. The van der Waals surface area contributed by atoms with Crippen molar-refractivity contribution in [2.24, 2.45) is 0 Å². The van der Waals surface area contributed by atoms with Crippen molar-refractivity contribution in [2.75, 3.05) is 23.8 Å². The van der Waals surface area contributed by atoms with Crippen LogP contribution in [0.4, 0.5) is 11.4 Å². The van der Waals surface area contributed by atoms with E-state index in [1.54, 1.807) is 0 Å². The van der Waals surface area contributed by atoms with Crippen LogP contribution in [-0.2, 0) is 11.2 Å². The van der Waals surface area contributed by atoms with Gasteiger partial charge in [-0.15, -0.1) is 0 Å². The molecule has 0 aliphatic carbocycles. The average Bonchev–Trinajstić information content (AvgIpc) is 2.65. The van der Waals surface area contributed by atoms with Crippen molar-refractivity contribution in [1.29, 1.82) is 0 Å². The third kappa shape index (κ3) is 9.09. The molecule has 0 radical (unpaired) electrons. The Kier molecular flexibility index (Phi) is 8.63. The van der Waals surface area contributed by atoms with Gasteiger partial charge in [-0.3, -0.25) is 0 Å². The van der Waals surface area contributed by atoms with Gasteiger partial charge in [0.1, 0.15) is 28.9 Å². The van der Waals surface area contributed by atoms with Crippen molar-refractivity contribution in [3.8, 4) is 11.5 Å². The minimum absolute atomic E-state index is 0.170. The van der Waals surface area contributed by atoms with Gasteiger partial charge in [0.15, 0.2) is 0 Å². The Balaban J connectivity index is 2.07. The quantitative estimate of drug-likeness (QED) is 0.424. The lowest BCUT2D eigenvalue weighted by molar-refractivity contribution is 0.0916. The van der Waals surface area contributed by atoms with E-state index in [4.69, 9.17) is 14.2 Å². The molecule has 172 valence electrons. The molecule has 31 heavy (non-hydrogen) atoms. The second-order valence-corrected chi connectivity index (χ2v) is 9.60. The fraction of sp³-hybridized carbons (Fsp3) is 0.538. The minimum Gasteiger partial charge on any atom is -0.488 e. The highest BCUT2D eigenvalue weighted by molar-refractivity contribution is 5.55. The fourth-order valence-electron chi connectivity index (χ4n) is 3.18. The van der Waals surface area contributed by atoms with Crippen LogP contribution in [0.25, 0.3) is 0 Å². The van der Waals surface area contributed by atoms with Crippen LogP contribution < -0.4 is 20.1 Å². The van der Waals surface area contributed by atoms with Crippen LogP contribution >= 0.6 is 0 Å². The van der Waals surface area contributed by atoms with E-state index in [-0.39, 0.29) is 17.4 Å². The van der Waals surface area contributed by atoms with Crippen molar-refractivity contribution in [3.63, 3.8) is 0 Å². The molecule has 1 atom stereocenters. The smallest absolute Gasteiger partial charge is 0.145 e. The molecule has 0 spiro atoms. The molecule has 2 N–H and O–H groups in total. The summed E-state index contributed by atoms with van der Waals surface area (Å²) in [6.45, 7) is 17.7. The molecule has 0 bridgehead atoms. The molecular formula is C26H40N2O3. The van der Waals surface area contributed by atoms with Gasteiger partial charge in [0, 0.05) is 24.0 Å². The maximum absolute atomic E-state index is 6.02. The lowest BCUT2D eigenvalue weighted by atomic mass is 10.1. The van der Waals surface area contributed by atoms with Gasteiger partial charge in [-0.1, -0.05) is 13.0 Å². The Labute approximate surface area is 188 Å². The predicted octanol–water partition coefficient (Wildman–Crippen LogP) is 6.49. The number of aryl methyl sites for hydroxylation is 1. The van der Waals surface area contributed by atoms with Gasteiger partial charge >= 0.3 is 0 Å². The summed E-state index contributed by atoms with van der Waals surface area (Å²) < 4.78 is 17.9. The lowest BCUT2D eigenvalue weighted by Gasteiger charge is -2.25. The highest BCUT2D eigenvalue weighted by Crippen LogP contribution is 2.27. The van der Waals surface area contributed by atoms with Crippen molar-refractivity contribution in [1.82, 2.24) is 0 Å². The summed E-state index contributed by atoms with van der Waals surface area (Å²) in [6, 6.07) is 14.2. The van der Waals surface area contributed by atoms with E-state index in [1.165, 1.54) is 5.56 Å². The van der Waals surface area contributed by atoms with E-state index in [0.717, 1.165) is 29.3 Å².